The van der Waals surface area contributed by atoms with E-state index in [1.165, 1.54) is 0 Å². The van der Waals surface area contributed by atoms with E-state index < -0.39 is 15.7 Å². The van der Waals surface area contributed by atoms with Crippen molar-refractivity contribution < 1.29 is 22.1 Å². The number of carbonyl (C=O) groups excluding carboxylic acids is 1. The molecule has 0 spiro atoms. The van der Waals surface area contributed by atoms with Gasteiger partial charge in [-0.2, -0.15) is 8.42 Å². The van der Waals surface area contributed by atoms with Crippen molar-refractivity contribution in [3.8, 4) is 0 Å². The monoisotopic (exact) mass is 335 g/mol. The number of likely N-dealkylation sites (tertiary alicyclic amines) is 1. The smallest absolute Gasteiger partial charge is 0.410 e. The molecule has 1 heterocycles. The van der Waals surface area contributed by atoms with Gasteiger partial charge < -0.3 is 9.64 Å². The molecule has 1 aliphatic heterocycles. The lowest BCUT2D eigenvalue weighted by atomic mass is 9.91. The third-order valence-electron chi connectivity index (χ3n) is 3.59. The van der Waals surface area contributed by atoms with E-state index in [1.807, 2.05) is 20.8 Å². The Kier molecular flexibility index (Phi) is 6.67. The summed E-state index contributed by atoms with van der Waals surface area (Å²) >= 11 is 0. The van der Waals surface area contributed by atoms with Gasteiger partial charge in [0, 0.05) is 13.1 Å². The average Bonchev–Trinajstić information content (AvgIpc) is 2.33. The number of amides is 1. The van der Waals surface area contributed by atoms with E-state index in [-0.39, 0.29) is 12.2 Å². The minimum Gasteiger partial charge on any atom is -0.444 e. The lowest BCUT2D eigenvalue weighted by Crippen LogP contribution is -2.41. The summed E-state index contributed by atoms with van der Waals surface area (Å²) in [5.41, 5.74) is -0.466. The van der Waals surface area contributed by atoms with Crippen molar-refractivity contribution in [1.82, 2.24) is 4.90 Å². The minimum absolute atomic E-state index is 0.250. The summed E-state index contributed by atoms with van der Waals surface area (Å²) < 4.78 is 32.4. The number of hydrogen-bond acceptors (Lipinski definition) is 5. The maximum atomic E-state index is 12.0. The Bertz CT molecular complexity index is 461. The zero-order chi connectivity index (χ0) is 17.0. The first kappa shape index (κ1) is 19.2. The van der Waals surface area contributed by atoms with Gasteiger partial charge in [-0.05, 0) is 59.3 Å². The van der Waals surface area contributed by atoms with Crippen molar-refractivity contribution in [3.05, 3.63) is 0 Å². The summed E-state index contributed by atoms with van der Waals surface area (Å²) in [5.74, 6) is 0.504. The molecule has 22 heavy (non-hydrogen) atoms. The fourth-order valence-electron chi connectivity index (χ4n) is 2.55. The Labute approximate surface area is 134 Å². The molecule has 0 unspecified atom stereocenters. The van der Waals surface area contributed by atoms with E-state index in [4.69, 9.17) is 8.92 Å². The van der Waals surface area contributed by atoms with Gasteiger partial charge in [0.25, 0.3) is 10.1 Å². The molecule has 1 aliphatic rings. The molecule has 0 saturated carbocycles. The Hall–Kier alpha value is -0.820. The van der Waals surface area contributed by atoms with Gasteiger partial charge in [-0.1, -0.05) is 0 Å². The summed E-state index contributed by atoms with van der Waals surface area (Å²) in [4.78, 5) is 13.7. The molecule has 1 atom stereocenters. The largest absolute Gasteiger partial charge is 0.444 e. The molecule has 6 nitrogen and oxygen atoms in total. The van der Waals surface area contributed by atoms with Gasteiger partial charge in [-0.15, -0.1) is 0 Å². The predicted octanol–water partition coefficient (Wildman–Crippen LogP) is 2.78. The van der Waals surface area contributed by atoms with E-state index >= 15 is 0 Å². The lowest BCUT2D eigenvalue weighted by molar-refractivity contribution is 0.0177. The topological polar surface area (TPSA) is 72.9 Å². The molecule has 0 aliphatic carbocycles. The number of carbonyl (C=O) groups is 1. The van der Waals surface area contributed by atoms with Gasteiger partial charge in [0.15, 0.2) is 0 Å². The molecule has 0 aromatic heterocycles. The van der Waals surface area contributed by atoms with Gasteiger partial charge >= 0.3 is 6.09 Å². The number of piperidine rings is 1. The summed E-state index contributed by atoms with van der Waals surface area (Å²) in [7, 11) is -3.38. The zero-order valence-electron chi connectivity index (χ0n) is 14.3. The molecule has 130 valence electrons. The summed E-state index contributed by atoms with van der Waals surface area (Å²) in [6, 6.07) is 0. The summed E-state index contributed by atoms with van der Waals surface area (Å²) in [6.45, 7) is 8.75. The second-order valence-corrected chi connectivity index (χ2v) is 8.70. The standard InChI is InChI=1S/C15H29NO5S/c1-12(21-22(5,18)19)6-7-13-8-10-16(11-9-13)14(17)20-15(2,3)4/h12-13H,6-11H2,1-5H3/t12-/m1/s1. The predicted molar refractivity (Wildman–Crippen MR) is 85.2 cm³/mol. The molecular weight excluding hydrogens is 306 g/mol. The van der Waals surface area contributed by atoms with Crippen LogP contribution in [-0.2, 0) is 19.0 Å². The molecule has 1 saturated heterocycles. The van der Waals surface area contributed by atoms with Crippen LogP contribution >= 0.6 is 0 Å². The highest BCUT2D eigenvalue weighted by Crippen LogP contribution is 2.24. The average molecular weight is 335 g/mol. The van der Waals surface area contributed by atoms with E-state index in [0.717, 1.165) is 25.5 Å². The van der Waals surface area contributed by atoms with Crippen LogP contribution in [0.3, 0.4) is 0 Å². The Balaban J connectivity index is 2.29. The second-order valence-electron chi connectivity index (χ2n) is 7.10. The van der Waals surface area contributed by atoms with Crippen molar-refractivity contribution >= 4 is 16.2 Å². The molecule has 0 aromatic rings. The van der Waals surface area contributed by atoms with Gasteiger partial charge in [0.1, 0.15) is 5.60 Å². The Morgan fingerprint density at radius 1 is 1.27 bits per heavy atom. The van der Waals surface area contributed by atoms with Crippen molar-refractivity contribution in [3.63, 3.8) is 0 Å². The summed E-state index contributed by atoms with van der Waals surface area (Å²) in [5, 5.41) is 0. The number of hydrogen-bond donors (Lipinski definition) is 0. The third kappa shape index (κ3) is 7.98. The third-order valence-corrected chi connectivity index (χ3v) is 4.26. The van der Waals surface area contributed by atoms with E-state index in [9.17, 15) is 13.2 Å². The van der Waals surface area contributed by atoms with Crippen LogP contribution in [0.15, 0.2) is 0 Å². The van der Waals surface area contributed by atoms with Crippen molar-refractivity contribution in [2.24, 2.45) is 5.92 Å². The fraction of sp³-hybridized carbons (Fsp3) is 0.933. The minimum atomic E-state index is -3.38. The number of ether oxygens (including phenoxy) is 1. The molecule has 1 rings (SSSR count). The van der Waals surface area contributed by atoms with Crippen LogP contribution in [0.1, 0.15) is 53.4 Å². The molecule has 0 N–H and O–H groups in total. The fourth-order valence-corrected chi connectivity index (χ4v) is 3.24. The first-order chi connectivity index (χ1) is 9.96. The van der Waals surface area contributed by atoms with Crippen LogP contribution in [0.2, 0.25) is 0 Å². The van der Waals surface area contributed by atoms with Gasteiger partial charge in [0.05, 0.1) is 12.4 Å². The molecule has 0 radical (unpaired) electrons. The van der Waals surface area contributed by atoms with Crippen LogP contribution in [0.25, 0.3) is 0 Å². The maximum absolute atomic E-state index is 12.0. The Morgan fingerprint density at radius 2 is 1.82 bits per heavy atom. The maximum Gasteiger partial charge on any atom is 0.410 e. The Morgan fingerprint density at radius 3 is 2.27 bits per heavy atom. The van der Waals surface area contributed by atoms with Crippen LogP contribution in [-0.4, -0.2) is 50.5 Å². The van der Waals surface area contributed by atoms with Crippen LogP contribution < -0.4 is 0 Å². The molecule has 1 amide bonds. The van der Waals surface area contributed by atoms with Crippen molar-refractivity contribution in [2.75, 3.05) is 19.3 Å². The second kappa shape index (κ2) is 7.64. The van der Waals surface area contributed by atoms with Gasteiger partial charge in [0.2, 0.25) is 0 Å². The first-order valence-electron chi connectivity index (χ1n) is 7.82. The highest BCUT2D eigenvalue weighted by Gasteiger charge is 2.27. The molecule has 1 fully saturated rings. The van der Waals surface area contributed by atoms with E-state index in [0.29, 0.717) is 25.4 Å². The quantitative estimate of drug-likeness (QED) is 0.722. The van der Waals surface area contributed by atoms with Gasteiger partial charge in [-0.25, -0.2) is 4.79 Å². The normalized spacial score (nSPS) is 19.0. The highest BCUT2D eigenvalue weighted by atomic mass is 32.2. The number of nitrogens with zero attached hydrogens (tertiary/aromatic N) is 1. The zero-order valence-corrected chi connectivity index (χ0v) is 15.1. The summed E-state index contributed by atoms with van der Waals surface area (Å²) in [6.07, 6.45) is 4.00. The van der Waals surface area contributed by atoms with Crippen LogP contribution in [0.5, 0.6) is 0 Å². The number of rotatable bonds is 5. The molecule has 0 aromatic carbocycles. The SMILES string of the molecule is C[C@H](CCC1CCN(C(=O)OC(C)(C)C)CC1)OS(C)(=O)=O. The van der Waals surface area contributed by atoms with Crippen molar-refractivity contribution in [2.45, 2.75) is 65.1 Å². The molecule has 7 heteroatoms. The van der Waals surface area contributed by atoms with Gasteiger partial charge in [-0.3, -0.25) is 4.18 Å². The molecule has 0 bridgehead atoms. The van der Waals surface area contributed by atoms with E-state index in [1.54, 1.807) is 11.8 Å². The van der Waals surface area contributed by atoms with Crippen LogP contribution in [0, 0.1) is 5.92 Å². The van der Waals surface area contributed by atoms with E-state index in [2.05, 4.69) is 0 Å². The highest BCUT2D eigenvalue weighted by molar-refractivity contribution is 7.86. The first-order valence-corrected chi connectivity index (χ1v) is 9.64. The lowest BCUT2D eigenvalue weighted by Gasteiger charge is -2.33. The van der Waals surface area contributed by atoms with Crippen molar-refractivity contribution in [1.29, 1.82) is 0 Å². The van der Waals surface area contributed by atoms with Crippen LogP contribution in [0.4, 0.5) is 4.79 Å². The molecular formula is C15H29NO5S.